The Bertz CT molecular complexity index is 127. The van der Waals surface area contributed by atoms with Gasteiger partial charge in [0.15, 0.2) is 0 Å². The minimum atomic E-state index is -0.0505. The molecule has 1 unspecified atom stereocenters. The third-order valence-corrected chi connectivity index (χ3v) is 1.53. The summed E-state index contributed by atoms with van der Waals surface area (Å²) < 4.78 is 9.93. The molecule has 72 valence electrons. The van der Waals surface area contributed by atoms with Gasteiger partial charge in [0.1, 0.15) is 0 Å². The summed E-state index contributed by atoms with van der Waals surface area (Å²) in [6, 6.07) is 0. The Hall–Kier alpha value is -0.610. The third kappa shape index (κ3) is 5.09. The van der Waals surface area contributed by atoms with Crippen molar-refractivity contribution in [1.29, 1.82) is 0 Å². The lowest BCUT2D eigenvalue weighted by Crippen LogP contribution is -2.35. The van der Waals surface area contributed by atoms with E-state index < -0.39 is 0 Å². The number of methoxy groups -OCH3 is 2. The van der Waals surface area contributed by atoms with Crippen molar-refractivity contribution in [2.24, 2.45) is 0 Å². The van der Waals surface area contributed by atoms with Crippen LogP contribution in [0, 0.1) is 0 Å². The van der Waals surface area contributed by atoms with Gasteiger partial charge < -0.3 is 14.8 Å². The van der Waals surface area contributed by atoms with Crippen LogP contribution in [-0.4, -0.2) is 39.4 Å². The summed E-state index contributed by atoms with van der Waals surface area (Å²) >= 11 is 0. The molecule has 0 aliphatic carbocycles. The van der Waals surface area contributed by atoms with E-state index in [4.69, 9.17) is 9.47 Å². The molecule has 0 aliphatic heterocycles. The Kier molecular flexibility index (Phi) is 6.70. The Labute approximate surface area is 73.2 Å². The maximum atomic E-state index is 10.8. The van der Waals surface area contributed by atoms with Crippen LogP contribution in [0.1, 0.15) is 13.3 Å². The minimum Gasteiger partial charge on any atom is -0.382 e. The standard InChI is InChI=1S/C8H17NO3/c1-4-8(10)9-5-7(12-3)6-11-2/h7H,4-6H2,1-3H3,(H,9,10). The number of ether oxygens (including phenoxy) is 2. The summed E-state index contributed by atoms with van der Waals surface area (Å²) in [6.45, 7) is 2.82. The van der Waals surface area contributed by atoms with Crippen LogP contribution in [0.5, 0.6) is 0 Å². The fraction of sp³-hybridized carbons (Fsp3) is 0.875. The molecule has 0 aromatic heterocycles. The molecule has 0 spiro atoms. The average molecular weight is 175 g/mol. The SMILES string of the molecule is CCC(=O)NCC(COC)OC. The quantitative estimate of drug-likeness (QED) is 0.626. The lowest BCUT2D eigenvalue weighted by molar-refractivity contribution is -0.121. The third-order valence-electron chi connectivity index (χ3n) is 1.53. The van der Waals surface area contributed by atoms with E-state index >= 15 is 0 Å². The van der Waals surface area contributed by atoms with Gasteiger partial charge >= 0.3 is 0 Å². The van der Waals surface area contributed by atoms with Crippen LogP contribution in [0.25, 0.3) is 0 Å². The molecule has 0 saturated carbocycles. The number of hydrogen-bond donors (Lipinski definition) is 1. The molecular weight excluding hydrogens is 158 g/mol. The first-order valence-electron chi connectivity index (χ1n) is 4.03. The van der Waals surface area contributed by atoms with E-state index in [2.05, 4.69) is 5.32 Å². The molecular formula is C8H17NO3. The molecule has 0 bridgehead atoms. The average Bonchev–Trinajstić information content (AvgIpc) is 2.11. The minimum absolute atomic E-state index is 0.0353. The lowest BCUT2D eigenvalue weighted by atomic mass is 10.3. The number of amides is 1. The molecule has 0 fully saturated rings. The number of rotatable bonds is 6. The number of hydrogen-bond acceptors (Lipinski definition) is 3. The van der Waals surface area contributed by atoms with Gasteiger partial charge in [-0.3, -0.25) is 4.79 Å². The predicted molar refractivity (Wildman–Crippen MR) is 46.0 cm³/mol. The highest BCUT2D eigenvalue weighted by molar-refractivity contribution is 5.75. The van der Waals surface area contributed by atoms with Crippen molar-refractivity contribution in [1.82, 2.24) is 5.32 Å². The van der Waals surface area contributed by atoms with Crippen molar-refractivity contribution in [3.63, 3.8) is 0 Å². The first-order valence-corrected chi connectivity index (χ1v) is 4.03. The topological polar surface area (TPSA) is 47.6 Å². The van der Waals surface area contributed by atoms with E-state index in [1.165, 1.54) is 0 Å². The zero-order valence-electron chi connectivity index (χ0n) is 7.92. The molecule has 0 heterocycles. The Morgan fingerprint density at radius 3 is 2.58 bits per heavy atom. The Morgan fingerprint density at radius 2 is 2.17 bits per heavy atom. The zero-order chi connectivity index (χ0) is 9.40. The summed E-state index contributed by atoms with van der Waals surface area (Å²) in [7, 11) is 3.20. The molecule has 0 aliphatic rings. The molecule has 12 heavy (non-hydrogen) atoms. The maximum Gasteiger partial charge on any atom is 0.219 e. The van der Waals surface area contributed by atoms with Gasteiger partial charge in [-0.05, 0) is 0 Å². The first kappa shape index (κ1) is 11.4. The maximum absolute atomic E-state index is 10.8. The van der Waals surface area contributed by atoms with Gasteiger partial charge in [-0.15, -0.1) is 0 Å². The van der Waals surface area contributed by atoms with Crippen molar-refractivity contribution >= 4 is 5.91 Å². The summed E-state index contributed by atoms with van der Waals surface area (Å²) in [5.74, 6) is 0.0353. The van der Waals surface area contributed by atoms with Crippen LogP contribution in [-0.2, 0) is 14.3 Å². The van der Waals surface area contributed by atoms with Crippen molar-refractivity contribution in [2.75, 3.05) is 27.4 Å². The highest BCUT2D eigenvalue weighted by Gasteiger charge is 2.07. The molecule has 1 amide bonds. The number of carbonyl (C=O) groups is 1. The molecule has 0 aromatic carbocycles. The molecule has 0 rings (SSSR count). The summed E-state index contributed by atoms with van der Waals surface area (Å²) in [6.07, 6.45) is 0.453. The second-order valence-corrected chi connectivity index (χ2v) is 2.47. The Balaban J connectivity index is 3.50. The van der Waals surface area contributed by atoms with Crippen molar-refractivity contribution < 1.29 is 14.3 Å². The highest BCUT2D eigenvalue weighted by Crippen LogP contribution is 1.88. The summed E-state index contributed by atoms with van der Waals surface area (Å²) in [5.41, 5.74) is 0. The normalized spacial score (nSPS) is 12.6. The molecule has 4 nitrogen and oxygen atoms in total. The van der Waals surface area contributed by atoms with Gasteiger partial charge in [0.25, 0.3) is 0 Å². The van der Waals surface area contributed by atoms with Gasteiger partial charge in [-0.2, -0.15) is 0 Å². The second-order valence-electron chi connectivity index (χ2n) is 2.47. The molecule has 1 N–H and O–H groups in total. The van der Waals surface area contributed by atoms with Gasteiger partial charge in [0.2, 0.25) is 5.91 Å². The molecule has 1 atom stereocenters. The number of carbonyl (C=O) groups excluding carboxylic acids is 1. The van der Waals surface area contributed by atoms with E-state index in [9.17, 15) is 4.79 Å². The predicted octanol–water partition coefficient (Wildman–Crippen LogP) is 0.174. The summed E-state index contributed by atoms with van der Waals surface area (Å²) in [5, 5.41) is 2.72. The highest BCUT2D eigenvalue weighted by atomic mass is 16.5. The van der Waals surface area contributed by atoms with Crippen LogP contribution in [0.3, 0.4) is 0 Å². The van der Waals surface area contributed by atoms with Crippen molar-refractivity contribution in [3.05, 3.63) is 0 Å². The van der Waals surface area contributed by atoms with E-state index in [0.29, 0.717) is 19.6 Å². The van der Waals surface area contributed by atoms with E-state index in [-0.39, 0.29) is 12.0 Å². The van der Waals surface area contributed by atoms with Crippen molar-refractivity contribution in [3.8, 4) is 0 Å². The van der Waals surface area contributed by atoms with E-state index in [1.54, 1.807) is 14.2 Å². The van der Waals surface area contributed by atoms with Crippen LogP contribution < -0.4 is 5.32 Å². The molecule has 0 saturated heterocycles. The molecule has 0 radical (unpaired) electrons. The second kappa shape index (κ2) is 7.06. The first-order chi connectivity index (χ1) is 5.74. The van der Waals surface area contributed by atoms with Gasteiger partial charge in [-0.25, -0.2) is 0 Å². The molecule has 4 heteroatoms. The van der Waals surface area contributed by atoms with Crippen LogP contribution in [0.15, 0.2) is 0 Å². The van der Waals surface area contributed by atoms with Gasteiger partial charge in [-0.1, -0.05) is 6.92 Å². The largest absolute Gasteiger partial charge is 0.382 e. The zero-order valence-corrected chi connectivity index (χ0v) is 7.92. The number of nitrogens with one attached hydrogen (secondary N) is 1. The Morgan fingerprint density at radius 1 is 1.50 bits per heavy atom. The van der Waals surface area contributed by atoms with Crippen LogP contribution in [0.2, 0.25) is 0 Å². The van der Waals surface area contributed by atoms with E-state index in [1.807, 2.05) is 6.92 Å². The van der Waals surface area contributed by atoms with E-state index in [0.717, 1.165) is 0 Å². The van der Waals surface area contributed by atoms with Crippen molar-refractivity contribution in [2.45, 2.75) is 19.4 Å². The molecule has 0 aromatic rings. The summed E-state index contributed by atoms with van der Waals surface area (Å²) in [4.78, 5) is 10.8. The van der Waals surface area contributed by atoms with Crippen LogP contribution in [0.4, 0.5) is 0 Å². The monoisotopic (exact) mass is 175 g/mol. The van der Waals surface area contributed by atoms with Gasteiger partial charge in [0.05, 0.1) is 12.7 Å². The van der Waals surface area contributed by atoms with Gasteiger partial charge in [0, 0.05) is 27.2 Å². The smallest absolute Gasteiger partial charge is 0.219 e. The van der Waals surface area contributed by atoms with Crippen LogP contribution >= 0.6 is 0 Å². The fourth-order valence-corrected chi connectivity index (χ4v) is 0.749. The fourth-order valence-electron chi connectivity index (χ4n) is 0.749. The lowest BCUT2D eigenvalue weighted by Gasteiger charge is -2.14.